The van der Waals surface area contributed by atoms with Gasteiger partial charge in [0.25, 0.3) is 0 Å². The average molecular weight is 299 g/mol. The second-order valence-corrected chi connectivity index (χ2v) is 3.68. The quantitative estimate of drug-likeness (QED) is 0.600. The minimum absolute atomic E-state index is 0. The van der Waals surface area contributed by atoms with Gasteiger partial charge in [0, 0.05) is 18.4 Å². The van der Waals surface area contributed by atoms with Crippen LogP contribution in [-0.2, 0) is 6.54 Å². The van der Waals surface area contributed by atoms with Crippen LogP contribution in [0.3, 0.4) is 0 Å². The number of nitrogens with zero attached hydrogens (tertiary/aromatic N) is 1. The first-order valence-corrected chi connectivity index (χ1v) is 5.34. The van der Waals surface area contributed by atoms with Crippen molar-refractivity contribution in [2.45, 2.75) is 6.54 Å². The standard InChI is InChI=1S/C13H14N4.2ClH/c14-13(15)12-7-6-10(9-17-12)8-16-11-4-2-1-3-5-11;;/h1-7,9,16H,8H2,(H3,14,15);2*1H. The molecule has 0 radical (unpaired) electrons. The Morgan fingerprint density at radius 2 is 1.79 bits per heavy atom. The van der Waals surface area contributed by atoms with E-state index in [1.54, 1.807) is 12.3 Å². The molecule has 0 atom stereocenters. The van der Waals surface area contributed by atoms with Crippen LogP contribution < -0.4 is 11.1 Å². The lowest BCUT2D eigenvalue weighted by Gasteiger charge is -2.06. The molecule has 4 nitrogen and oxygen atoms in total. The van der Waals surface area contributed by atoms with Crippen LogP contribution in [0.4, 0.5) is 5.69 Å². The van der Waals surface area contributed by atoms with Crippen LogP contribution >= 0.6 is 24.8 Å². The van der Waals surface area contributed by atoms with E-state index in [0.717, 1.165) is 11.3 Å². The van der Waals surface area contributed by atoms with Crippen molar-refractivity contribution in [3.8, 4) is 0 Å². The van der Waals surface area contributed by atoms with E-state index < -0.39 is 0 Å². The molecule has 2 aromatic rings. The number of aromatic nitrogens is 1. The molecule has 1 aromatic carbocycles. The summed E-state index contributed by atoms with van der Waals surface area (Å²) in [6.45, 7) is 0.704. The molecule has 0 aliphatic heterocycles. The molecule has 0 fully saturated rings. The summed E-state index contributed by atoms with van der Waals surface area (Å²) in [7, 11) is 0. The highest BCUT2D eigenvalue weighted by Crippen LogP contribution is 2.08. The Morgan fingerprint density at radius 3 is 2.32 bits per heavy atom. The number of nitrogens with one attached hydrogen (secondary N) is 2. The highest BCUT2D eigenvalue weighted by atomic mass is 35.5. The summed E-state index contributed by atoms with van der Waals surface area (Å²) in [5.74, 6) is -0.00688. The molecular formula is C13H16Cl2N4. The minimum Gasteiger partial charge on any atom is -0.382 e. The molecule has 0 unspecified atom stereocenters. The van der Waals surface area contributed by atoms with Gasteiger partial charge in [0.05, 0.1) is 0 Å². The van der Waals surface area contributed by atoms with E-state index >= 15 is 0 Å². The van der Waals surface area contributed by atoms with Crippen LogP contribution in [0.5, 0.6) is 0 Å². The van der Waals surface area contributed by atoms with E-state index in [2.05, 4.69) is 10.3 Å². The number of amidine groups is 1. The Hall–Kier alpha value is -1.78. The number of pyridine rings is 1. The van der Waals surface area contributed by atoms with E-state index in [1.807, 2.05) is 36.4 Å². The van der Waals surface area contributed by atoms with Crippen molar-refractivity contribution in [3.05, 3.63) is 59.9 Å². The maximum absolute atomic E-state index is 7.24. The average Bonchev–Trinajstić information content (AvgIpc) is 2.38. The third kappa shape index (κ3) is 5.16. The fourth-order valence-corrected chi connectivity index (χ4v) is 1.45. The van der Waals surface area contributed by atoms with Gasteiger partial charge in [0.1, 0.15) is 11.5 Å². The number of benzene rings is 1. The van der Waals surface area contributed by atoms with Crippen LogP contribution in [0.2, 0.25) is 0 Å². The van der Waals surface area contributed by atoms with E-state index in [9.17, 15) is 0 Å². The SMILES string of the molecule is Cl.Cl.N=C(N)c1ccc(CNc2ccccc2)cn1. The van der Waals surface area contributed by atoms with Crippen LogP contribution in [0.25, 0.3) is 0 Å². The van der Waals surface area contributed by atoms with Gasteiger partial charge in [-0.15, -0.1) is 24.8 Å². The molecule has 0 aliphatic rings. The third-order valence-electron chi connectivity index (χ3n) is 2.37. The van der Waals surface area contributed by atoms with Crippen molar-refractivity contribution in [3.63, 3.8) is 0 Å². The lowest BCUT2D eigenvalue weighted by Crippen LogP contribution is -2.13. The van der Waals surface area contributed by atoms with Gasteiger partial charge in [-0.3, -0.25) is 10.4 Å². The third-order valence-corrected chi connectivity index (χ3v) is 2.37. The van der Waals surface area contributed by atoms with Crippen LogP contribution in [0.1, 0.15) is 11.3 Å². The van der Waals surface area contributed by atoms with Crippen molar-refractivity contribution in [1.29, 1.82) is 5.41 Å². The monoisotopic (exact) mass is 298 g/mol. The van der Waals surface area contributed by atoms with Gasteiger partial charge in [-0.25, -0.2) is 0 Å². The second-order valence-electron chi connectivity index (χ2n) is 3.68. The molecule has 2 rings (SSSR count). The van der Waals surface area contributed by atoms with Gasteiger partial charge in [-0.05, 0) is 23.8 Å². The zero-order chi connectivity index (χ0) is 12.1. The summed E-state index contributed by atoms with van der Waals surface area (Å²) in [5, 5.41) is 10.5. The molecule has 4 N–H and O–H groups in total. The number of halogens is 2. The van der Waals surface area contributed by atoms with Crippen LogP contribution in [-0.4, -0.2) is 10.8 Å². The van der Waals surface area contributed by atoms with Crippen LogP contribution in [0, 0.1) is 5.41 Å². The zero-order valence-electron chi connectivity index (χ0n) is 10.2. The van der Waals surface area contributed by atoms with Crippen molar-refractivity contribution in [1.82, 2.24) is 4.98 Å². The number of rotatable bonds is 4. The predicted octanol–water partition coefficient (Wildman–Crippen LogP) is 2.82. The molecule has 1 heterocycles. The summed E-state index contributed by atoms with van der Waals surface area (Å²) in [6.07, 6.45) is 1.73. The number of nitrogens with two attached hydrogens (primary N) is 1. The highest BCUT2D eigenvalue weighted by molar-refractivity contribution is 5.92. The van der Waals surface area contributed by atoms with Crippen molar-refractivity contribution >= 4 is 36.3 Å². The first kappa shape index (κ1) is 17.2. The topological polar surface area (TPSA) is 74.8 Å². The summed E-state index contributed by atoms with van der Waals surface area (Å²) < 4.78 is 0. The molecule has 0 saturated heterocycles. The fraction of sp³-hybridized carbons (Fsp3) is 0.0769. The van der Waals surface area contributed by atoms with Gasteiger partial charge >= 0.3 is 0 Å². The largest absolute Gasteiger partial charge is 0.382 e. The highest BCUT2D eigenvalue weighted by Gasteiger charge is 1.98. The van der Waals surface area contributed by atoms with E-state index in [0.29, 0.717) is 12.2 Å². The molecular weight excluding hydrogens is 283 g/mol. The molecule has 102 valence electrons. The van der Waals surface area contributed by atoms with Gasteiger partial charge in [-0.1, -0.05) is 24.3 Å². The Kier molecular flexibility index (Phi) is 7.56. The predicted molar refractivity (Wildman–Crippen MR) is 83.5 cm³/mol. The Morgan fingerprint density at radius 1 is 1.11 bits per heavy atom. The molecule has 0 bridgehead atoms. The number of hydrogen-bond donors (Lipinski definition) is 3. The number of hydrogen-bond acceptors (Lipinski definition) is 3. The molecule has 19 heavy (non-hydrogen) atoms. The minimum atomic E-state index is -0.00688. The lowest BCUT2D eigenvalue weighted by molar-refractivity contribution is 1.10. The molecule has 0 amide bonds. The van der Waals surface area contributed by atoms with Crippen molar-refractivity contribution < 1.29 is 0 Å². The molecule has 6 heteroatoms. The van der Waals surface area contributed by atoms with Gasteiger partial charge in [0.15, 0.2) is 0 Å². The first-order valence-electron chi connectivity index (χ1n) is 5.34. The van der Waals surface area contributed by atoms with E-state index in [4.69, 9.17) is 11.1 Å². The summed E-state index contributed by atoms with van der Waals surface area (Å²) >= 11 is 0. The zero-order valence-corrected chi connectivity index (χ0v) is 11.8. The number of para-hydroxylation sites is 1. The van der Waals surface area contributed by atoms with E-state index in [1.165, 1.54) is 0 Å². The normalized spacial score (nSPS) is 8.84. The van der Waals surface area contributed by atoms with Crippen molar-refractivity contribution in [2.24, 2.45) is 5.73 Å². The summed E-state index contributed by atoms with van der Waals surface area (Å²) in [4.78, 5) is 4.10. The van der Waals surface area contributed by atoms with E-state index in [-0.39, 0.29) is 30.6 Å². The Balaban J connectivity index is 0.00000162. The molecule has 0 spiro atoms. The molecule has 1 aromatic heterocycles. The molecule has 0 saturated carbocycles. The number of nitrogen functional groups attached to an aromatic ring is 1. The molecule has 0 aliphatic carbocycles. The maximum Gasteiger partial charge on any atom is 0.141 e. The second kappa shape index (κ2) is 8.34. The Labute approximate surface area is 124 Å². The fourth-order valence-electron chi connectivity index (χ4n) is 1.45. The smallest absolute Gasteiger partial charge is 0.141 e. The van der Waals surface area contributed by atoms with Crippen molar-refractivity contribution in [2.75, 3.05) is 5.32 Å². The van der Waals surface area contributed by atoms with Gasteiger partial charge in [0.2, 0.25) is 0 Å². The first-order chi connectivity index (χ1) is 8.25. The maximum atomic E-state index is 7.24. The van der Waals surface area contributed by atoms with Gasteiger partial charge in [-0.2, -0.15) is 0 Å². The number of anilines is 1. The van der Waals surface area contributed by atoms with Gasteiger partial charge < -0.3 is 11.1 Å². The van der Waals surface area contributed by atoms with Crippen LogP contribution in [0.15, 0.2) is 48.7 Å². The lowest BCUT2D eigenvalue weighted by atomic mass is 10.2. The Bertz CT molecular complexity index is 500. The summed E-state index contributed by atoms with van der Waals surface area (Å²) in [5.41, 5.74) is 7.97. The summed E-state index contributed by atoms with van der Waals surface area (Å²) in [6, 6.07) is 13.6.